The molecule has 0 atom stereocenters. The zero-order valence-corrected chi connectivity index (χ0v) is 22.1. The molecule has 1 saturated carbocycles. The zero-order chi connectivity index (χ0) is 22.3. The molecule has 2 heterocycles. The van der Waals surface area contributed by atoms with Crippen LogP contribution in [0.5, 0.6) is 5.75 Å². The van der Waals surface area contributed by atoms with Crippen LogP contribution in [0.4, 0.5) is 0 Å². The zero-order valence-electron chi connectivity index (χ0n) is 19.8. The molecule has 2 N–H and O–H groups in total. The molecule has 0 bridgehead atoms. The van der Waals surface area contributed by atoms with Crippen molar-refractivity contribution in [2.75, 3.05) is 13.6 Å². The number of aryl methyl sites for hydroxylation is 3. The lowest BCUT2D eigenvalue weighted by atomic mass is 10.1. The molecule has 2 aliphatic rings. The lowest BCUT2D eigenvalue weighted by Crippen LogP contribution is -2.38. The number of benzene rings is 1. The van der Waals surface area contributed by atoms with Gasteiger partial charge in [0, 0.05) is 45.2 Å². The maximum Gasteiger partial charge on any atom is 0.345 e. The molecule has 0 saturated heterocycles. The highest BCUT2D eigenvalue weighted by Crippen LogP contribution is 2.27. The van der Waals surface area contributed by atoms with Gasteiger partial charge in [-0.05, 0) is 63.5 Å². The van der Waals surface area contributed by atoms with Crippen LogP contribution in [-0.4, -0.2) is 40.0 Å². The lowest BCUT2D eigenvalue weighted by Gasteiger charge is -2.18. The summed E-state index contributed by atoms with van der Waals surface area (Å²) in [4.78, 5) is 16.8. The molecule has 1 aliphatic heterocycles. The van der Waals surface area contributed by atoms with Crippen molar-refractivity contribution >= 4 is 29.9 Å². The second kappa shape index (κ2) is 12.4. The second-order valence-electron chi connectivity index (χ2n) is 8.87. The first-order valence-corrected chi connectivity index (χ1v) is 12.0. The Kier molecular flexibility index (Phi) is 9.64. The summed E-state index contributed by atoms with van der Waals surface area (Å²) in [6.07, 6.45) is 9.04. The van der Waals surface area contributed by atoms with E-state index in [0.29, 0.717) is 25.7 Å². The van der Waals surface area contributed by atoms with Gasteiger partial charge in [-0.25, -0.2) is 9.48 Å². The number of guanidine groups is 1. The molecule has 0 amide bonds. The number of nitrogens with zero attached hydrogens (tertiary/aromatic N) is 4. The van der Waals surface area contributed by atoms with E-state index in [2.05, 4.69) is 45.8 Å². The number of hydrogen-bond acceptors (Lipinski definition) is 4. The molecule has 0 unspecified atom stereocenters. The van der Waals surface area contributed by atoms with E-state index in [9.17, 15) is 4.79 Å². The second-order valence-corrected chi connectivity index (χ2v) is 8.87. The standard InChI is InChI=1S/C24H36N6O2.HI/c1-18-11-12-19(21(16-18)32-20-8-3-4-9-20)17-27-23(25-2)26-13-7-15-30-24(31)29-14-6-5-10-22(29)28-30;/h11-12,16,20H,3-10,13-15,17H2,1-2H3,(H2,25,26,27);1H. The minimum Gasteiger partial charge on any atom is -0.490 e. The Morgan fingerprint density at radius 3 is 2.79 bits per heavy atom. The molecule has 8 nitrogen and oxygen atoms in total. The van der Waals surface area contributed by atoms with Gasteiger partial charge in [0.15, 0.2) is 5.96 Å². The van der Waals surface area contributed by atoms with E-state index in [-0.39, 0.29) is 29.7 Å². The molecule has 1 fully saturated rings. The Balaban J connectivity index is 0.00000306. The highest BCUT2D eigenvalue weighted by molar-refractivity contribution is 14.0. The maximum absolute atomic E-state index is 12.4. The first kappa shape index (κ1) is 25.6. The molecule has 2 aromatic rings. The molecule has 0 spiro atoms. The smallest absolute Gasteiger partial charge is 0.345 e. The number of halogens is 1. The largest absolute Gasteiger partial charge is 0.490 e. The van der Waals surface area contributed by atoms with E-state index in [0.717, 1.165) is 68.2 Å². The topological polar surface area (TPSA) is 85.5 Å². The van der Waals surface area contributed by atoms with Gasteiger partial charge in [0.05, 0.1) is 6.10 Å². The number of aromatic nitrogens is 3. The molecule has 182 valence electrons. The molecular weight excluding hydrogens is 531 g/mol. The van der Waals surface area contributed by atoms with E-state index < -0.39 is 0 Å². The van der Waals surface area contributed by atoms with Crippen molar-refractivity contribution in [2.45, 2.75) is 84.0 Å². The average molecular weight is 569 g/mol. The fraction of sp³-hybridized carbons (Fsp3) is 0.625. The van der Waals surface area contributed by atoms with Crippen LogP contribution in [0, 0.1) is 6.92 Å². The van der Waals surface area contributed by atoms with Crippen LogP contribution in [0.3, 0.4) is 0 Å². The van der Waals surface area contributed by atoms with Crippen LogP contribution in [-0.2, 0) is 26.1 Å². The van der Waals surface area contributed by atoms with Gasteiger partial charge in [-0.15, -0.1) is 24.0 Å². The molecule has 4 rings (SSSR count). The number of hydrogen-bond donors (Lipinski definition) is 2. The highest BCUT2D eigenvalue weighted by atomic mass is 127. The quantitative estimate of drug-likeness (QED) is 0.221. The van der Waals surface area contributed by atoms with E-state index in [4.69, 9.17) is 4.74 Å². The highest BCUT2D eigenvalue weighted by Gasteiger charge is 2.18. The minimum atomic E-state index is 0. The van der Waals surface area contributed by atoms with E-state index in [1.54, 1.807) is 11.7 Å². The first-order valence-electron chi connectivity index (χ1n) is 12.0. The number of aliphatic imine (C=N–C) groups is 1. The summed E-state index contributed by atoms with van der Waals surface area (Å²) in [5, 5.41) is 11.2. The normalized spacial score (nSPS) is 16.2. The predicted octanol–water partition coefficient (Wildman–Crippen LogP) is 3.38. The van der Waals surface area contributed by atoms with Gasteiger partial charge in [0.25, 0.3) is 0 Å². The van der Waals surface area contributed by atoms with Crippen LogP contribution in [0.1, 0.15) is 61.9 Å². The molecule has 33 heavy (non-hydrogen) atoms. The van der Waals surface area contributed by atoms with E-state index in [1.807, 2.05) is 4.57 Å². The first-order chi connectivity index (χ1) is 15.6. The summed E-state index contributed by atoms with van der Waals surface area (Å²) in [5.74, 6) is 2.65. The summed E-state index contributed by atoms with van der Waals surface area (Å²) >= 11 is 0. The Labute approximate surface area is 213 Å². The summed E-state index contributed by atoms with van der Waals surface area (Å²) in [7, 11) is 1.77. The maximum atomic E-state index is 12.4. The molecular formula is C24H37IN6O2. The van der Waals surface area contributed by atoms with Crippen LogP contribution in [0.25, 0.3) is 0 Å². The molecule has 9 heteroatoms. The Morgan fingerprint density at radius 2 is 2.03 bits per heavy atom. The summed E-state index contributed by atoms with van der Waals surface area (Å²) < 4.78 is 9.74. The molecule has 1 aromatic carbocycles. The van der Waals surface area contributed by atoms with Crippen LogP contribution in [0.2, 0.25) is 0 Å². The van der Waals surface area contributed by atoms with Crippen molar-refractivity contribution in [1.82, 2.24) is 25.0 Å². The van der Waals surface area contributed by atoms with Crippen LogP contribution in [0.15, 0.2) is 28.0 Å². The average Bonchev–Trinajstić information content (AvgIpc) is 3.42. The van der Waals surface area contributed by atoms with Gasteiger partial charge >= 0.3 is 5.69 Å². The Bertz CT molecular complexity index is 993. The predicted molar refractivity (Wildman–Crippen MR) is 142 cm³/mol. The number of rotatable bonds is 8. The van der Waals surface area contributed by atoms with E-state index >= 15 is 0 Å². The van der Waals surface area contributed by atoms with Gasteiger partial charge in [0.2, 0.25) is 0 Å². The summed E-state index contributed by atoms with van der Waals surface area (Å²) in [5.41, 5.74) is 2.37. The van der Waals surface area contributed by atoms with Crippen molar-refractivity contribution in [3.05, 3.63) is 45.6 Å². The van der Waals surface area contributed by atoms with Crippen molar-refractivity contribution in [3.63, 3.8) is 0 Å². The van der Waals surface area contributed by atoms with Crippen molar-refractivity contribution in [1.29, 1.82) is 0 Å². The monoisotopic (exact) mass is 568 g/mol. The van der Waals surface area contributed by atoms with Crippen molar-refractivity contribution in [2.24, 2.45) is 4.99 Å². The van der Waals surface area contributed by atoms with Crippen LogP contribution >= 0.6 is 24.0 Å². The number of fused-ring (bicyclic) bond motifs is 1. The Morgan fingerprint density at radius 1 is 1.21 bits per heavy atom. The van der Waals surface area contributed by atoms with Gasteiger partial charge in [-0.2, -0.15) is 5.10 Å². The minimum absolute atomic E-state index is 0. The van der Waals surface area contributed by atoms with Gasteiger partial charge in [-0.3, -0.25) is 9.56 Å². The molecule has 1 aromatic heterocycles. The van der Waals surface area contributed by atoms with Gasteiger partial charge in [0.1, 0.15) is 11.6 Å². The fourth-order valence-corrected chi connectivity index (χ4v) is 4.53. The number of ether oxygens (including phenoxy) is 1. The SMILES string of the molecule is CN=C(NCCCn1nc2n(c1=O)CCCC2)NCc1ccc(C)cc1OC1CCCC1.I. The van der Waals surface area contributed by atoms with Crippen molar-refractivity contribution in [3.8, 4) is 5.75 Å². The third-order valence-electron chi connectivity index (χ3n) is 6.36. The third-order valence-corrected chi connectivity index (χ3v) is 6.36. The third kappa shape index (κ3) is 6.74. The summed E-state index contributed by atoms with van der Waals surface area (Å²) in [6.45, 7) is 4.87. The van der Waals surface area contributed by atoms with Gasteiger partial charge < -0.3 is 15.4 Å². The fourth-order valence-electron chi connectivity index (χ4n) is 4.53. The Hall–Kier alpha value is -2.04. The number of nitrogens with one attached hydrogen (secondary N) is 2. The summed E-state index contributed by atoms with van der Waals surface area (Å²) in [6, 6.07) is 6.39. The lowest BCUT2D eigenvalue weighted by molar-refractivity contribution is 0.207. The van der Waals surface area contributed by atoms with E-state index in [1.165, 1.54) is 18.4 Å². The van der Waals surface area contributed by atoms with Crippen LogP contribution < -0.4 is 21.1 Å². The molecule has 0 radical (unpaired) electrons. The van der Waals surface area contributed by atoms with Gasteiger partial charge in [-0.1, -0.05) is 12.1 Å². The van der Waals surface area contributed by atoms with Crippen molar-refractivity contribution < 1.29 is 4.74 Å². The molecule has 1 aliphatic carbocycles.